The molecule has 2 atom stereocenters. The number of benzene rings is 2. The van der Waals surface area contributed by atoms with E-state index < -0.39 is 0 Å². The molecule has 112 valence electrons. The van der Waals surface area contributed by atoms with Crippen molar-refractivity contribution >= 4 is 11.6 Å². The summed E-state index contributed by atoms with van der Waals surface area (Å²) in [7, 11) is 0. The van der Waals surface area contributed by atoms with Crippen LogP contribution in [0.5, 0.6) is 0 Å². The van der Waals surface area contributed by atoms with Gasteiger partial charge in [0.05, 0.1) is 0 Å². The summed E-state index contributed by atoms with van der Waals surface area (Å²) >= 11 is 6.05. The highest BCUT2D eigenvalue weighted by Gasteiger charge is 2.10. The molecule has 2 rings (SSSR count). The topological polar surface area (TPSA) is 12.0 Å². The van der Waals surface area contributed by atoms with E-state index in [1.54, 1.807) is 0 Å². The molecule has 0 aromatic heterocycles. The molecule has 0 aliphatic rings. The zero-order valence-corrected chi connectivity index (χ0v) is 13.8. The van der Waals surface area contributed by atoms with Crippen molar-refractivity contribution in [2.45, 2.75) is 45.7 Å². The third kappa shape index (κ3) is 5.18. The lowest BCUT2D eigenvalue weighted by atomic mass is 10.0. The van der Waals surface area contributed by atoms with Gasteiger partial charge in [0.25, 0.3) is 0 Å². The van der Waals surface area contributed by atoms with Gasteiger partial charge >= 0.3 is 0 Å². The van der Waals surface area contributed by atoms with Gasteiger partial charge in [-0.1, -0.05) is 53.6 Å². The van der Waals surface area contributed by atoms with Crippen LogP contribution in [0.15, 0.2) is 48.5 Å². The van der Waals surface area contributed by atoms with Crippen LogP contribution in [-0.2, 0) is 6.42 Å². The van der Waals surface area contributed by atoms with Crippen LogP contribution in [0.25, 0.3) is 0 Å². The summed E-state index contributed by atoms with van der Waals surface area (Å²) < 4.78 is 0. The van der Waals surface area contributed by atoms with E-state index in [-0.39, 0.29) is 0 Å². The largest absolute Gasteiger partial charge is 0.308 e. The Balaban J connectivity index is 1.85. The monoisotopic (exact) mass is 301 g/mol. The number of rotatable bonds is 6. The standard InChI is InChI=1S/C19H24ClN/c1-14-6-4-7-17(12-14)11-10-15(2)21-16(3)18-8-5-9-19(20)13-18/h4-9,12-13,15-16,21H,10-11H2,1-3H3/t15?,16-/m0/s1. The maximum absolute atomic E-state index is 6.05. The van der Waals surface area contributed by atoms with Crippen LogP contribution in [-0.4, -0.2) is 6.04 Å². The quantitative estimate of drug-likeness (QED) is 0.761. The van der Waals surface area contributed by atoms with Gasteiger partial charge in [0.1, 0.15) is 0 Å². The van der Waals surface area contributed by atoms with Crippen LogP contribution in [0.1, 0.15) is 43.0 Å². The highest BCUT2D eigenvalue weighted by Crippen LogP contribution is 2.18. The molecule has 0 saturated heterocycles. The minimum atomic E-state index is 0.316. The Kier molecular flexibility index (Phi) is 5.84. The van der Waals surface area contributed by atoms with E-state index in [0.29, 0.717) is 12.1 Å². The summed E-state index contributed by atoms with van der Waals surface area (Å²) in [5, 5.41) is 4.45. The van der Waals surface area contributed by atoms with Gasteiger partial charge in [-0.05, 0) is 56.9 Å². The summed E-state index contributed by atoms with van der Waals surface area (Å²) in [6.45, 7) is 6.58. The molecule has 2 heteroatoms. The third-order valence-corrected chi connectivity index (χ3v) is 4.07. The molecule has 1 nitrogen and oxygen atoms in total. The molecule has 21 heavy (non-hydrogen) atoms. The van der Waals surface area contributed by atoms with Crippen LogP contribution in [0.2, 0.25) is 5.02 Å². The first-order valence-electron chi connectivity index (χ1n) is 7.61. The van der Waals surface area contributed by atoms with Crippen molar-refractivity contribution in [1.29, 1.82) is 0 Å². The summed E-state index contributed by atoms with van der Waals surface area (Å²) in [4.78, 5) is 0. The van der Waals surface area contributed by atoms with Gasteiger partial charge in [-0.2, -0.15) is 0 Å². The molecule has 0 amide bonds. The second-order valence-corrected chi connectivity index (χ2v) is 6.31. The third-order valence-electron chi connectivity index (χ3n) is 3.83. The van der Waals surface area contributed by atoms with Crippen molar-refractivity contribution in [3.63, 3.8) is 0 Å². The fraction of sp³-hybridized carbons (Fsp3) is 0.368. The molecule has 0 fully saturated rings. The number of aryl methyl sites for hydroxylation is 2. The highest BCUT2D eigenvalue weighted by atomic mass is 35.5. The minimum absolute atomic E-state index is 0.316. The van der Waals surface area contributed by atoms with E-state index in [4.69, 9.17) is 11.6 Å². The van der Waals surface area contributed by atoms with E-state index in [2.05, 4.69) is 56.4 Å². The zero-order chi connectivity index (χ0) is 15.2. The zero-order valence-electron chi connectivity index (χ0n) is 13.1. The first-order valence-corrected chi connectivity index (χ1v) is 7.99. The normalized spacial score (nSPS) is 13.9. The number of hydrogen-bond donors (Lipinski definition) is 1. The first-order chi connectivity index (χ1) is 10.0. The molecule has 0 heterocycles. The van der Waals surface area contributed by atoms with Gasteiger partial charge in [-0.15, -0.1) is 0 Å². The second-order valence-electron chi connectivity index (χ2n) is 5.87. The first kappa shape index (κ1) is 16.1. The maximum atomic E-state index is 6.05. The Labute approximate surface area is 133 Å². The average Bonchev–Trinajstić information content (AvgIpc) is 2.45. The number of halogens is 1. The van der Waals surface area contributed by atoms with Gasteiger partial charge in [0.2, 0.25) is 0 Å². The molecule has 0 radical (unpaired) electrons. The van der Waals surface area contributed by atoms with Gasteiger partial charge in [-0.3, -0.25) is 0 Å². The Morgan fingerprint density at radius 1 is 1.05 bits per heavy atom. The molecule has 0 saturated carbocycles. The molecule has 0 bridgehead atoms. The van der Waals surface area contributed by atoms with E-state index in [0.717, 1.165) is 17.9 Å². The maximum Gasteiger partial charge on any atom is 0.0409 e. The highest BCUT2D eigenvalue weighted by molar-refractivity contribution is 6.30. The van der Waals surface area contributed by atoms with Crippen LogP contribution >= 0.6 is 11.6 Å². The van der Waals surface area contributed by atoms with Crippen LogP contribution < -0.4 is 5.32 Å². The fourth-order valence-corrected chi connectivity index (χ4v) is 2.83. The Bertz CT molecular complexity index is 579. The van der Waals surface area contributed by atoms with Crippen molar-refractivity contribution in [1.82, 2.24) is 5.32 Å². The average molecular weight is 302 g/mol. The molecule has 0 aliphatic heterocycles. The lowest BCUT2D eigenvalue weighted by Crippen LogP contribution is -2.29. The molecule has 1 unspecified atom stereocenters. The van der Waals surface area contributed by atoms with Gasteiger partial charge in [0.15, 0.2) is 0 Å². The Morgan fingerprint density at radius 2 is 1.81 bits per heavy atom. The van der Waals surface area contributed by atoms with E-state index in [1.807, 2.05) is 18.2 Å². The van der Waals surface area contributed by atoms with E-state index in [9.17, 15) is 0 Å². The molecule has 2 aromatic rings. The van der Waals surface area contributed by atoms with Gasteiger partial charge < -0.3 is 5.32 Å². The summed E-state index contributed by atoms with van der Waals surface area (Å²) in [5.41, 5.74) is 3.99. The number of nitrogens with one attached hydrogen (secondary N) is 1. The Hall–Kier alpha value is -1.31. The minimum Gasteiger partial charge on any atom is -0.308 e. The summed E-state index contributed by atoms with van der Waals surface area (Å²) in [6, 6.07) is 17.6. The SMILES string of the molecule is Cc1cccc(CCC(C)N[C@@H](C)c2cccc(Cl)c2)c1. The van der Waals surface area contributed by atoms with Crippen LogP contribution in [0.3, 0.4) is 0 Å². The summed E-state index contributed by atoms with van der Waals surface area (Å²) in [6.07, 6.45) is 2.24. The van der Waals surface area contributed by atoms with Gasteiger partial charge in [0, 0.05) is 17.1 Å². The molecule has 2 aromatic carbocycles. The number of hydrogen-bond acceptors (Lipinski definition) is 1. The molecular weight excluding hydrogens is 278 g/mol. The predicted molar refractivity (Wildman–Crippen MR) is 92.0 cm³/mol. The van der Waals surface area contributed by atoms with Gasteiger partial charge in [-0.25, -0.2) is 0 Å². The van der Waals surface area contributed by atoms with Crippen molar-refractivity contribution in [2.24, 2.45) is 0 Å². The van der Waals surface area contributed by atoms with Crippen molar-refractivity contribution in [2.75, 3.05) is 0 Å². The smallest absolute Gasteiger partial charge is 0.0409 e. The molecule has 1 N–H and O–H groups in total. The van der Waals surface area contributed by atoms with Crippen molar-refractivity contribution in [3.8, 4) is 0 Å². The van der Waals surface area contributed by atoms with Crippen LogP contribution in [0, 0.1) is 6.92 Å². The predicted octanol–water partition coefficient (Wildman–Crippen LogP) is 5.32. The lowest BCUT2D eigenvalue weighted by Gasteiger charge is -2.20. The summed E-state index contributed by atoms with van der Waals surface area (Å²) in [5.74, 6) is 0. The second kappa shape index (κ2) is 7.63. The fourth-order valence-electron chi connectivity index (χ4n) is 2.63. The van der Waals surface area contributed by atoms with E-state index in [1.165, 1.54) is 16.7 Å². The van der Waals surface area contributed by atoms with Crippen molar-refractivity contribution < 1.29 is 0 Å². The molecular formula is C19H24ClN. The van der Waals surface area contributed by atoms with Crippen LogP contribution in [0.4, 0.5) is 0 Å². The molecule has 0 spiro atoms. The lowest BCUT2D eigenvalue weighted by molar-refractivity contribution is 0.456. The van der Waals surface area contributed by atoms with Crippen molar-refractivity contribution in [3.05, 3.63) is 70.2 Å². The molecule has 0 aliphatic carbocycles. The van der Waals surface area contributed by atoms with E-state index >= 15 is 0 Å². The Morgan fingerprint density at radius 3 is 2.52 bits per heavy atom.